The number of aldehydes is 1. The first-order valence-corrected chi connectivity index (χ1v) is 15.4. The van der Waals surface area contributed by atoms with Crippen molar-refractivity contribution in [2.45, 2.75) is 91.7 Å². The van der Waals surface area contributed by atoms with E-state index in [1.807, 2.05) is 6.92 Å². The second kappa shape index (κ2) is 18.4. The van der Waals surface area contributed by atoms with Crippen molar-refractivity contribution in [1.82, 2.24) is 9.13 Å². The van der Waals surface area contributed by atoms with Crippen molar-refractivity contribution in [2.24, 2.45) is 11.8 Å². The molecule has 0 amide bonds. The third-order valence-electron chi connectivity index (χ3n) is 7.63. The van der Waals surface area contributed by atoms with Gasteiger partial charge in [-0.2, -0.15) is 26.3 Å². The molecule has 4 atom stereocenters. The van der Waals surface area contributed by atoms with Gasteiger partial charge in [0.15, 0.2) is 0 Å². The van der Waals surface area contributed by atoms with Gasteiger partial charge in [-0.1, -0.05) is 46.6 Å². The highest BCUT2D eigenvalue weighted by Gasteiger charge is 2.37. The summed E-state index contributed by atoms with van der Waals surface area (Å²) in [6.45, 7) is 14.0. The summed E-state index contributed by atoms with van der Waals surface area (Å²) in [5.41, 5.74) is -4.47. The summed E-state index contributed by atoms with van der Waals surface area (Å²) in [5.74, 6) is -1.92. The van der Waals surface area contributed by atoms with E-state index in [-0.39, 0.29) is 42.6 Å². The number of halogens is 6. The van der Waals surface area contributed by atoms with Crippen LogP contribution in [0.15, 0.2) is 46.8 Å². The molecule has 0 spiro atoms. The van der Waals surface area contributed by atoms with Crippen LogP contribution in [0.3, 0.4) is 0 Å². The van der Waals surface area contributed by atoms with Crippen molar-refractivity contribution in [3.05, 3.63) is 80.1 Å². The zero-order chi connectivity index (χ0) is 37.0. The molecule has 268 valence electrons. The number of alkyl halides is 6. The maximum absolute atomic E-state index is 13.1. The molecule has 0 aliphatic heterocycles. The lowest BCUT2D eigenvalue weighted by Crippen LogP contribution is -2.36. The Kier molecular flexibility index (Phi) is 16.0. The molecule has 0 aliphatic rings. The Morgan fingerprint density at radius 1 is 0.750 bits per heavy atom. The number of carbonyl (C=O) groups excluding carboxylic acids is 3. The van der Waals surface area contributed by atoms with Crippen molar-refractivity contribution in [2.75, 3.05) is 13.2 Å². The zero-order valence-electron chi connectivity index (χ0n) is 27.7. The minimum atomic E-state index is -4.76. The third kappa shape index (κ3) is 10.9. The molecular formula is C33H42F6N2O7. The van der Waals surface area contributed by atoms with E-state index < -0.39 is 65.0 Å². The van der Waals surface area contributed by atoms with Crippen molar-refractivity contribution >= 4 is 18.2 Å². The number of hydrogen-bond acceptors (Lipinski definition) is 7. The van der Waals surface area contributed by atoms with Gasteiger partial charge in [0, 0.05) is 30.9 Å². The average molecular weight is 693 g/mol. The maximum atomic E-state index is 13.1. The highest BCUT2D eigenvalue weighted by molar-refractivity contribution is 5.75. The molecule has 0 N–H and O–H groups in total. The number of ether oxygens (including phenoxy) is 2. The van der Waals surface area contributed by atoms with E-state index in [4.69, 9.17) is 9.47 Å². The molecule has 0 bridgehead atoms. The first-order chi connectivity index (χ1) is 22.3. The summed E-state index contributed by atoms with van der Waals surface area (Å²) < 4.78 is 90.4. The predicted octanol–water partition coefficient (Wildman–Crippen LogP) is 6.50. The zero-order valence-corrected chi connectivity index (χ0v) is 27.7. The van der Waals surface area contributed by atoms with Gasteiger partial charge >= 0.3 is 24.3 Å². The van der Waals surface area contributed by atoms with E-state index in [2.05, 4.69) is 6.58 Å². The predicted molar refractivity (Wildman–Crippen MR) is 165 cm³/mol. The van der Waals surface area contributed by atoms with Gasteiger partial charge in [0.1, 0.15) is 18.4 Å². The van der Waals surface area contributed by atoms with Gasteiger partial charge in [0.2, 0.25) is 0 Å². The van der Waals surface area contributed by atoms with E-state index in [0.29, 0.717) is 31.3 Å². The van der Waals surface area contributed by atoms with Crippen LogP contribution in [0.4, 0.5) is 26.3 Å². The summed E-state index contributed by atoms with van der Waals surface area (Å²) in [6, 6.07) is -1.05. The lowest BCUT2D eigenvalue weighted by Gasteiger charge is -2.25. The number of rotatable bonds is 14. The number of aromatic nitrogens is 2. The lowest BCUT2D eigenvalue weighted by molar-refractivity contribution is -0.150. The Morgan fingerprint density at radius 2 is 1.10 bits per heavy atom. The molecule has 48 heavy (non-hydrogen) atoms. The Hall–Kier alpha value is -4.17. The molecule has 2 heterocycles. The average Bonchev–Trinajstić information content (AvgIpc) is 2.99. The molecule has 2 aromatic heterocycles. The molecule has 9 nitrogen and oxygen atoms in total. The number of pyridine rings is 2. The SMILES string of the molecule is C=CCc1cn(C(C(=O)OCC)[C@H](C)CC)c(=O)cc1C(F)(F)F.CCOC(=O)C([C@H](C)CC)n1cc(CC=O)c(C(F)(F)F)cc1=O. The summed E-state index contributed by atoms with van der Waals surface area (Å²) in [7, 11) is 0. The second-order valence-electron chi connectivity index (χ2n) is 10.9. The van der Waals surface area contributed by atoms with Crippen LogP contribution < -0.4 is 11.1 Å². The standard InChI is InChI=1S/C17H22F3NO3.C16H20F3NO4/c1-5-8-12-10-21(14(22)9-13(12)17(18,19)20)15(11(4)6-2)16(23)24-7-3;1-4-10(3)14(15(23)24-5-2)20-9-11(6-7-21)12(8-13(20)22)16(17,18)19/h5,9-11,15H,1,6-8H2,2-4H3;7-10,14H,4-6H2,1-3H3/t11-,15?;10-,14?/m11/s1. The lowest BCUT2D eigenvalue weighted by atomic mass is 9.97. The van der Waals surface area contributed by atoms with Crippen molar-refractivity contribution in [3.8, 4) is 0 Å². The number of nitrogens with zero attached hydrogens (tertiary/aromatic N) is 2. The fourth-order valence-electron chi connectivity index (χ4n) is 4.86. The van der Waals surface area contributed by atoms with E-state index in [1.165, 1.54) is 6.08 Å². The van der Waals surface area contributed by atoms with Gasteiger partial charge in [-0.25, -0.2) is 9.59 Å². The molecule has 0 radical (unpaired) electrons. The van der Waals surface area contributed by atoms with E-state index in [0.717, 1.165) is 21.5 Å². The summed E-state index contributed by atoms with van der Waals surface area (Å²) in [4.78, 5) is 59.5. The highest BCUT2D eigenvalue weighted by atomic mass is 19.4. The maximum Gasteiger partial charge on any atom is 0.416 e. The fraction of sp³-hybridized carbons (Fsp3) is 0.545. The molecular weight excluding hydrogens is 650 g/mol. The first kappa shape index (κ1) is 41.9. The number of esters is 2. The molecule has 2 rings (SSSR count). The van der Waals surface area contributed by atoms with Crippen LogP contribution in [0.1, 0.15) is 88.7 Å². The monoisotopic (exact) mass is 692 g/mol. The highest BCUT2D eigenvalue weighted by Crippen LogP contribution is 2.33. The van der Waals surface area contributed by atoms with Crippen LogP contribution >= 0.6 is 0 Å². The van der Waals surface area contributed by atoms with Gasteiger partial charge in [0.05, 0.1) is 24.3 Å². The largest absolute Gasteiger partial charge is 0.464 e. The van der Waals surface area contributed by atoms with Crippen LogP contribution in [0.2, 0.25) is 0 Å². The normalized spacial score (nSPS) is 14.1. The summed E-state index contributed by atoms with van der Waals surface area (Å²) >= 11 is 0. The topological polar surface area (TPSA) is 114 Å². The molecule has 0 aliphatic carbocycles. The van der Waals surface area contributed by atoms with Gasteiger partial charge in [0.25, 0.3) is 11.1 Å². The minimum Gasteiger partial charge on any atom is -0.464 e. The van der Waals surface area contributed by atoms with Gasteiger partial charge in [-0.15, -0.1) is 6.58 Å². The summed E-state index contributed by atoms with van der Waals surface area (Å²) in [6.07, 6.45) is -5.22. The fourth-order valence-corrected chi connectivity index (χ4v) is 4.86. The Morgan fingerprint density at radius 3 is 1.38 bits per heavy atom. The summed E-state index contributed by atoms with van der Waals surface area (Å²) in [5, 5.41) is 0. The molecule has 2 aromatic rings. The third-order valence-corrected chi connectivity index (χ3v) is 7.63. The Labute approximate surface area is 274 Å². The van der Waals surface area contributed by atoms with E-state index in [9.17, 15) is 50.3 Å². The van der Waals surface area contributed by atoms with Gasteiger partial charge < -0.3 is 23.4 Å². The van der Waals surface area contributed by atoms with Crippen molar-refractivity contribution in [1.29, 1.82) is 0 Å². The molecule has 0 fully saturated rings. The van der Waals surface area contributed by atoms with E-state index in [1.54, 1.807) is 34.6 Å². The number of carbonyl (C=O) groups is 3. The van der Waals surface area contributed by atoms with E-state index >= 15 is 0 Å². The van der Waals surface area contributed by atoms with Gasteiger partial charge in [-0.3, -0.25) is 9.59 Å². The van der Waals surface area contributed by atoms with Crippen LogP contribution in [0.5, 0.6) is 0 Å². The molecule has 0 saturated carbocycles. The molecule has 0 saturated heterocycles. The second-order valence-corrected chi connectivity index (χ2v) is 10.9. The molecule has 2 unspecified atom stereocenters. The van der Waals surface area contributed by atoms with Crippen LogP contribution in [0, 0.1) is 11.8 Å². The molecule has 0 aromatic carbocycles. The molecule has 15 heteroatoms. The number of allylic oxidation sites excluding steroid dienone is 1. The first-order valence-electron chi connectivity index (χ1n) is 15.4. The Balaban J connectivity index is 0.000000480. The van der Waals surface area contributed by atoms with Crippen molar-refractivity contribution < 1.29 is 50.2 Å². The minimum absolute atomic E-state index is 0.0643. The smallest absolute Gasteiger partial charge is 0.416 e. The van der Waals surface area contributed by atoms with Crippen LogP contribution in [-0.2, 0) is 49.1 Å². The van der Waals surface area contributed by atoms with Crippen LogP contribution in [-0.4, -0.2) is 40.6 Å². The number of hydrogen-bond donors (Lipinski definition) is 0. The van der Waals surface area contributed by atoms with Crippen LogP contribution in [0.25, 0.3) is 0 Å². The Bertz CT molecular complexity index is 1410. The van der Waals surface area contributed by atoms with Crippen molar-refractivity contribution in [3.63, 3.8) is 0 Å². The quantitative estimate of drug-likeness (QED) is 0.0961. The van der Waals surface area contributed by atoms with Gasteiger partial charge in [-0.05, 0) is 43.2 Å².